The van der Waals surface area contributed by atoms with E-state index in [0.29, 0.717) is 17.3 Å². The highest BCUT2D eigenvalue weighted by atomic mass is 16.3. The minimum absolute atomic E-state index is 0.0129. The highest BCUT2D eigenvalue weighted by Crippen LogP contribution is 2.32. The molecule has 0 fully saturated rings. The minimum Gasteiger partial charge on any atom is -0.493 e. The molecule has 0 aromatic carbocycles. The SMILES string of the molecule is Cc1nc2c(nc1-c1ccc(C(C)C)nc1O)c(C)cn2C(C)C. The molecule has 0 aliphatic heterocycles. The lowest BCUT2D eigenvalue weighted by atomic mass is 10.1. The number of aryl methyl sites for hydroxylation is 2. The van der Waals surface area contributed by atoms with Crippen molar-refractivity contribution in [3.05, 3.63) is 35.3 Å². The zero-order valence-electron chi connectivity index (χ0n) is 15.1. The van der Waals surface area contributed by atoms with Crippen molar-refractivity contribution in [2.45, 2.75) is 53.5 Å². The van der Waals surface area contributed by atoms with Crippen molar-refractivity contribution in [2.24, 2.45) is 0 Å². The van der Waals surface area contributed by atoms with Crippen LogP contribution in [0, 0.1) is 13.8 Å². The largest absolute Gasteiger partial charge is 0.493 e. The molecule has 0 spiro atoms. The van der Waals surface area contributed by atoms with E-state index in [-0.39, 0.29) is 11.8 Å². The zero-order valence-corrected chi connectivity index (χ0v) is 15.1. The Morgan fingerprint density at radius 3 is 2.29 bits per heavy atom. The van der Waals surface area contributed by atoms with Crippen LogP contribution >= 0.6 is 0 Å². The summed E-state index contributed by atoms with van der Waals surface area (Å²) in [5.41, 5.74) is 5.81. The normalized spacial score (nSPS) is 11.8. The highest BCUT2D eigenvalue weighted by molar-refractivity contribution is 5.80. The maximum absolute atomic E-state index is 10.4. The number of fused-ring (bicyclic) bond motifs is 1. The predicted octanol–water partition coefficient (Wildman–Crippen LogP) is 4.52. The summed E-state index contributed by atoms with van der Waals surface area (Å²) in [6.45, 7) is 12.3. The molecule has 0 saturated carbocycles. The molecule has 3 aromatic heterocycles. The van der Waals surface area contributed by atoms with Crippen LogP contribution in [0.2, 0.25) is 0 Å². The fourth-order valence-corrected chi connectivity index (χ4v) is 2.90. The smallest absolute Gasteiger partial charge is 0.220 e. The quantitative estimate of drug-likeness (QED) is 0.769. The molecule has 0 radical (unpaired) electrons. The second kappa shape index (κ2) is 5.89. The summed E-state index contributed by atoms with van der Waals surface area (Å²) in [7, 11) is 0. The van der Waals surface area contributed by atoms with Crippen LogP contribution in [0.15, 0.2) is 18.3 Å². The molecule has 0 amide bonds. The topological polar surface area (TPSA) is 63.8 Å². The third kappa shape index (κ3) is 2.64. The van der Waals surface area contributed by atoms with E-state index in [1.807, 2.05) is 26.0 Å². The zero-order chi connectivity index (χ0) is 17.6. The summed E-state index contributed by atoms with van der Waals surface area (Å²) in [6, 6.07) is 4.15. The summed E-state index contributed by atoms with van der Waals surface area (Å²) in [4.78, 5) is 13.9. The van der Waals surface area contributed by atoms with E-state index in [1.165, 1.54) is 0 Å². The molecular formula is C19H24N4O. The molecule has 0 unspecified atom stereocenters. The molecule has 126 valence electrons. The number of rotatable bonds is 3. The molecular weight excluding hydrogens is 300 g/mol. The first-order valence-corrected chi connectivity index (χ1v) is 8.35. The summed E-state index contributed by atoms with van der Waals surface area (Å²) in [5, 5.41) is 10.4. The Morgan fingerprint density at radius 1 is 1.00 bits per heavy atom. The van der Waals surface area contributed by atoms with Crippen molar-refractivity contribution < 1.29 is 5.11 Å². The maximum Gasteiger partial charge on any atom is 0.220 e. The van der Waals surface area contributed by atoms with Crippen molar-refractivity contribution in [1.82, 2.24) is 19.5 Å². The Morgan fingerprint density at radius 2 is 1.71 bits per heavy atom. The van der Waals surface area contributed by atoms with Crippen LogP contribution in [0.25, 0.3) is 22.4 Å². The van der Waals surface area contributed by atoms with Gasteiger partial charge in [0.15, 0.2) is 5.65 Å². The molecule has 3 rings (SSSR count). The van der Waals surface area contributed by atoms with Gasteiger partial charge >= 0.3 is 0 Å². The lowest BCUT2D eigenvalue weighted by Crippen LogP contribution is -2.02. The first kappa shape index (κ1) is 16.4. The lowest BCUT2D eigenvalue weighted by Gasteiger charge is -2.12. The fourth-order valence-electron chi connectivity index (χ4n) is 2.90. The Balaban J connectivity index is 2.21. The molecule has 5 nitrogen and oxygen atoms in total. The van der Waals surface area contributed by atoms with E-state index in [9.17, 15) is 5.11 Å². The standard InChI is InChI=1S/C19H24N4O/c1-10(2)15-8-7-14(19(24)21-15)17-13(6)20-18-16(22-17)12(5)9-23(18)11(3)4/h7-11H,1-6H3,(H,21,24). The van der Waals surface area contributed by atoms with Gasteiger partial charge in [-0.1, -0.05) is 13.8 Å². The predicted molar refractivity (Wildman–Crippen MR) is 96.4 cm³/mol. The van der Waals surface area contributed by atoms with Crippen LogP contribution < -0.4 is 0 Å². The summed E-state index contributed by atoms with van der Waals surface area (Å²) >= 11 is 0. The van der Waals surface area contributed by atoms with Crippen LogP contribution in [0.5, 0.6) is 5.88 Å². The van der Waals surface area contributed by atoms with Crippen molar-refractivity contribution in [3.8, 4) is 17.1 Å². The number of aromatic nitrogens is 4. The Hall–Kier alpha value is -2.43. The van der Waals surface area contributed by atoms with Crippen LogP contribution in [-0.2, 0) is 0 Å². The van der Waals surface area contributed by atoms with Gasteiger partial charge in [0.05, 0.1) is 17.0 Å². The van der Waals surface area contributed by atoms with Gasteiger partial charge in [0.25, 0.3) is 0 Å². The monoisotopic (exact) mass is 324 g/mol. The van der Waals surface area contributed by atoms with Crippen LogP contribution in [-0.4, -0.2) is 24.6 Å². The van der Waals surface area contributed by atoms with Gasteiger partial charge in [0.2, 0.25) is 5.88 Å². The fraction of sp³-hybridized carbons (Fsp3) is 0.421. The minimum atomic E-state index is 0.0129. The molecule has 3 heterocycles. The molecule has 5 heteroatoms. The van der Waals surface area contributed by atoms with Gasteiger partial charge in [0.1, 0.15) is 5.52 Å². The van der Waals surface area contributed by atoms with Gasteiger partial charge < -0.3 is 9.67 Å². The van der Waals surface area contributed by atoms with Crippen LogP contribution in [0.3, 0.4) is 0 Å². The molecule has 24 heavy (non-hydrogen) atoms. The molecule has 0 bridgehead atoms. The van der Waals surface area contributed by atoms with Crippen molar-refractivity contribution in [2.75, 3.05) is 0 Å². The summed E-state index contributed by atoms with van der Waals surface area (Å²) in [6.07, 6.45) is 2.08. The highest BCUT2D eigenvalue weighted by Gasteiger charge is 2.18. The van der Waals surface area contributed by atoms with Gasteiger partial charge in [-0.25, -0.2) is 15.0 Å². The number of aromatic hydroxyl groups is 1. The van der Waals surface area contributed by atoms with Crippen molar-refractivity contribution in [3.63, 3.8) is 0 Å². The molecule has 0 aliphatic rings. The van der Waals surface area contributed by atoms with Gasteiger partial charge in [-0.3, -0.25) is 0 Å². The van der Waals surface area contributed by atoms with Crippen molar-refractivity contribution >= 4 is 11.2 Å². The average Bonchev–Trinajstić information content (AvgIpc) is 2.83. The summed E-state index contributed by atoms with van der Waals surface area (Å²) < 4.78 is 2.13. The van der Waals surface area contributed by atoms with Crippen LogP contribution in [0.4, 0.5) is 0 Å². The third-order valence-corrected chi connectivity index (χ3v) is 4.30. The van der Waals surface area contributed by atoms with Gasteiger partial charge in [-0.2, -0.15) is 0 Å². The Bertz CT molecular complexity index is 909. The Kier molecular flexibility index (Phi) is 4.03. The first-order valence-electron chi connectivity index (χ1n) is 8.35. The van der Waals surface area contributed by atoms with E-state index in [1.54, 1.807) is 0 Å². The van der Waals surface area contributed by atoms with Gasteiger partial charge in [0, 0.05) is 17.9 Å². The average molecular weight is 324 g/mol. The second-order valence-electron chi connectivity index (χ2n) is 6.90. The lowest BCUT2D eigenvalue weighted by molar-refractivity contribution is 0.452. The molecule has 3 aromatic rings. The second-order valence-corrected chi connectivity index (χ2v) is 6.90. The van der Waals surface area contributed by atoms with Crippen LogP contribution in [0.1, 0.15) is 56.6 Å². The molecule has 0 aliphatic carbocycles. The molecule has 1 N–H and O–H groups in total. The van der Waals surface area contributed by atoms with E-state index in [2.05, 4.69) is 43.4 Å². The Labute approximate surface area is 142 Å². The van der Waals surface area contributed by atoms with E-state index in [4.69, 9.17) is 9.97 Å². The molecule has 0 saturated heterocycles. The maximum atomic E-state index is 10.4. The third-order valence-electron chi connectivity index (χ3n) is 4.30. The molecule has 0 atom stereocenters. The van der Waals surface area contributed by atoms with Gasteiger partial charge in [-0.15, -0.1) is 0 Å². The number of hydrogen-bond donors (Lipinski definition) is 1. The first-order chi connectivity index (χ1) is 11.3. The van der Waals surface area contributed by atoms with E-state index >= 15 is 0 Å². The van der Waals surface area contributed by atoms with E-state index in [0.717, 1.165) is 28.1 Å². The van der Waals surface area contributed by atoms with E-state index < -0.39 is 0 Å². The van der Waals surface area contributed by atoms with Crippen molar-refractivity contribution in [1.29, 1.82) is 0 Å². The summed E-state index contributed by atoms with van der Waals surface area (Å²) in [5.74, 6) is 0.279. The number of hydrogen-bond acceptors (Lipinski definition) is 4. The van der Waals surface area contributed by atoms with Gasteiger partial charge in [-0.05, 0) is 51.3 Å². The number of nitrogens with zero attached hydrogens (tertiary/aromatic N) is 4. The number of pyridine rings is 1.